The molecule has 0 radical (unpaired) electrons. The van der Waals surface area contributed by atoms with Gasteiger partial charge in [0.05, 0.1) is 37.1 Å². The number of aromatic nitrogens is 1. The van der Waals surface area contributed by atoms with Gasteiger partial charge in [0, 0.05) is 37.8 Å². The highest BCUT2D eigenvalue weighted by Gasteiger charge is 2.23. The molecule has 1 saturated heterocycles. The van der Waals surface area contributed by atoms with Gasteiger partial charge in [0.2, 0.25) is 0 Å². The van der Waals surface area contributed by atoms with E-state index in [2.05, 4.69) is 11.8 Å². The molecule has 0 spiro atoms. The van der Waals surface area contributed by atoms with E-state index in [0.717, 1.165) is 73.8 Å². The number of benzene rings is 2. The van der Waals surface area contributed by atoms with E-state index in [1.54, 1.807) is 12.0 Å². The van der Waals surface area contributed by atoms with Crippen molar-refractivity contribution in [3.63, 3.8) is 0 Å². The number of hydrogen-bond donors (Lipinski definition) is 0. The van der Waals surface area contributed by atoms with E-state index in [-0.39, 0.29) is 5.91 Å². The number of nitrogens with zero attached hydrogens (tertiary/aromatic N) is 3. The Morgan fingerprint density at radius 3 is 2.62 bits per heavy atom. The van der Waals surface area contributed by atoms with Crippen molar-refractivity contribution in [1.82, 2.24) is 9.88 Å². The summed E-state index contributed by atoms with van der Waals surface area (Å²) in [5.41, 5.74) is 1.46. The van der Waals surface area contributed by atoms with Crippen LogP contribution >= 0.6 is 11.3 Å². The first-order chi connectivity index (χ1) is 16.7. The van der Waals surface area contributed by atoms with Crippen LogP contribution in [0.4, 0.5) is 5.13 Å². The minimum Gasteiger partial charge on any atom is -0.497 e. The lowest BCUT2D eigenvalue weighted by atomic mass is 10.2. The van der Waals surface area contributed by atoms with Crippen LogP contribution in [0.1, 0.15) is 36.5 Å². The van der Waals surface area contributed by atoms with E-state index < -0.39 is 0 Å². The molecule has 0 aliphatic carbocycles. The number of amides is 1. The lowest BCUT2D eigenvalue weighted by molar-refractivity contribution is 0.0391. The van der Waals surface area contributed by atoms with Crippen LogP contribution in [0.3, 0.4) is 0 Å². The van der Waals surface area contributed by atoms with Gasteiger partial charge in [0.1, 0.15) is 11.5 Å². The van der Waals surface area contributed by atoms with E-state index in [4.69, 9.17) is 19.2 Å². The monoisotopic (exact) mass is 483 g/mol. The molecule has 0 bridgehead atoms. The summed E-state index contributed by atoms with van der Waals surface area (Å²) >= 11 is 1.52. The number of unbranched alkanes of at least 4 members (excludes halogenated alkanes) is 2. The number of methoxy groups -OCH3 is 1. The predicted molar refractivity (Wildman–Crippen MR) is 137 cm³/mol. The second kappa shape index (κ2) is 12.1. The van der Waals surface area contributed by atoms with Gasteiger partial charge in [-0.2, -0.15) is 0 Å². The number of carbonyl (C=O) groups is 1. The Morgan fingerprint density at radius 2 is 1.88 bits per heavy atom. The summed E-state index contributed by atoms with van der Waals surface area (Å²) in [6.07, 6.45) is 3.35. The van der Waals surface area contributed by atoms with E-state index in [1.165, 1.54) is 11.3 Å². The molecule has 0 N–H and O–H groups in total. The molecule has 1 fully saturated rings. The van der Waals surface area contributed by atoms with Gasteiger partial charge >= 0.3 is 0 Å². The van der Waals surface area contributed by atoms with Crippen LogP contribution in [0.2, 0.25) is 0 Å². The number of rotatable bonds is 11. The number of morpholine rings is 1. The Kier molecular flexibility index (Phi) is 8.73. The van der Waals surface area contributed by atoms with Crippen LogP contribution < -0.4 is 14.4 Å². The molecule has 1 aliphatic heterocycles. The van der Waals surface area contributed by atoms with Gasteiger partial charge in [0.25, 0.3) is 5.91 Å². The third kappa shape index (κ3) is 6.25. The number of thiazole rings is 1. The Balaban J connectivity index is 1.52. The molecular weight excluding hydrogens is 450 g/mol. The Bertz CT molecular complexity index is 1060. The number of fused-ring (bicyclic) bond motifs is 1. The second-order valence-corrected chi connectivity index (χ2v) is 9.33. The molecule has 7 nitrogen and oxygen atoms in total. The summed E-state index contributed by atoms with van der Waals surface area (Å²) < 4.78 is 17.6. The number of hydrogen-bond acceptors (Lipinski definition) is 7. The maximum atomic E-state index is 13.6. The van der Waals surface area contributed by atoms with Gasteiger partial charge < -0.3 is 14.2 Å². The summed E-state index contributed by atoms with van der Waals surface area (Å²) in [5.74, 6) is 1.49. The minimum atomic E-state index is -0.0585. The molecule has 8 heteroatoms. The average molecular weight is 484 g/mol. The highest BCUT2D eigenvalue weighted by atomic mass is 32.1. The quantitative estimate of drug-likeness (QED) is 0.363. The highest BCUT2D eigenvalue weighted by Crippen LogP contribution is 2.32. The van der Waals surface area contributed by atoms with Gasteiger partial charge in [-0.05, 0) is 42.8 Å². The summed E-state index contributed by atoms with van der Waals surface area (Å²) in [5, 5.41) is 0.696. The molecule has 182 valence electrons. The third-order valence-corrected chi connectivity index (χ3v) is 6.98. The summed E-state index contributed by atoms with van der Waals surface area (Å²) in [6, 6.07) is 13.3. The molecule has 34 heavy (non-hydrogen) atoms. The molecule has 4 rings (SSSR count). The zero-order valence-electron chi connectivity index (χ0n) is 20.0. The molecule has 0 saturated carbocycles. The fourth-order valence-electron chi connectivity index (χ4n) is 3.88. The van der Waals surface area contributed by atoms with Gasteiger partial charge in [0.15, 0.2) is 5.13 Å². The van der Waals surface area contributed by atoms with Crippen molar-refractivity contribution >= 4 is 32.6 Å². The van der Waals surface area contributed by atoms with E-state index in [9.17, 15) is 4.79 Å². The standard InChI is InChI=1S/C26H33N3O4S/c1-3-4-5-16-33-21-8-6-20(7-9-21)25(30)29(13-12-28-14-17-32-18-15-28)26-27-23-19-22(31-2)10-11-24(23)34-26/h6-11,19H,3-5,12-18H2,1-2H3. The molecule has 0 unspecified atom stereocenters. The topological polar surface area (TPSA) is 64.1 Å². The Morgan fingerprint density at radius 1 is 1.12 bits per heavy atom. The average Bonchev–Trinajstić information content (AvgIpc) is 3.30. The lowest BCUT2D eigenvalue weighted by Gasteiger charge is -2.29. The van der Waals surface area contributed by atoms with Crippen molar-refractivity contribution in [2.75, 3.05) is 58.0 Å². The molecule has 1 aromatic heterocycles. The second-order valence-electron chi connectivity index (χ2n) is 8.32. The molecule has 1 amide bonds. The predicted octanol–water partition coefficient (Wildman–Crippen LogP) is 4.85. The van der Waals surface area contributed by atoms with Crippen LogP contribution in [0.5, 0.6) is 11.5 Å². The van der Waals surface area contributed by atoms with Crippen LogP contribution in [-0.4, -0.2) is 68.9 Å². The Hall–Kier alpha value is -2.68. The van der Waals surface area contributed by atoms with Crippen LogP contribution in [-0.2, 0) is 4.74 Å². The largest absolute Gasteiger partial charge is 0.497 e. The first kappa shape index (κ1) is 24.4. The zero-order chi connectivity index (χ0) is 23.8. The van der Waals surface area contributed by atoms with Gasteiger partial charge in [-0.3, -0.25) is 14.6 Å². The van der Waals surface area contributed by atoms with Gasteiger partial charge in [-0.15, -0.1) is 0 Å². The van der Waals surface area contributed by atoms with Crippen LogP contribution in [0.25, 0.3) is 10.2 Å². The smallest absolute Gasteiger partial charge is 0.260 e. The fourth-order valence-corrected chi connectivity index (χ4v) is 4.85. The van der Waals surface area contributed by atoms with Crippen molar-refractivity contribution in [3.8, 4) is 11.5 Å². The molecule has 3 aromatic rings. The SMILES string of the molecule is CCCCCOc1ccc(C(=O)N(CCN2CCOCC2)c2nc3cc(OC)ccc3s2)cc1. The fraction of sp³-hybridized carbons (Fsp3) is 0.462. The van der Waals surface area contributed by atoms with Crippen molar-refractivity contribution in [2.45, 2.75) is 26.2 Å². The molecule has 0 atom stereocenters. The van der Waals surface area contributed by atoms with Gasteiger partial charge in [-0.1, -0.05) is 31.1 Å². The summed E-state index contributed by atoms with van der Waals surface area (Å²) in [6.45, 7) is 7.42. The molecule has 1 aliphatic rings. The Labute approximate surface area is 205 Å². The van der Waals surface area contributed by atoms with Crippen molar-refractivity contribution in [2.24, 2.45) is 0 Å². The van der Waals surface area contributed by atoms with Crippen LogP contribution in [0, 0.1) is 0 Å². The molecule has 2 heterocycles. The first-order valence-corrected chi connectivity index (χ1v) is 12.8. The normalized spacial score (nSPS) is 14.3. The van der Waals surface area contributed by atoms with E-state index in [0.29, 0.717) is 23.8 Å². The minimum absolute atomic E-state index is 0.0585. The number of anilines is 1. The van der Waals surface area contributed by atoms with Crippen molar-refractivity contribution in [3.05, 3.63) is 48.0 Å². The van der Waals surface area contributed by atoms with Crippen LogP contribution in [0.15, 0.2) is 42.5 Å². The highest BCUT2D eigenvalue weighted by molar-refractivity contribution is 7.22. The maximum absolute atomic E-state index is 13.6. The van der Waals surface area contributed by atoms with Crippen molar-refractivity contribution < 1.29 is 19.0 Å². The summed E-state index contributed by atoms with van der Waals surface area (Å²) in [4.78, 5) is 22.5. The van der Waals surface area contributed by atoms with E-state index in [1.807, 2.05) is 42.5 Å². The molecular formula is C26H33N3O4S. The maximum Gasteiger partial charge on any atom is 0.260 e. The van der Waals surface area contributed by atoms with E-state index >= 15 is 0 Å². The summed E-state index contributed by atoms with van der Waals surface area (Å²) in [7, 11) is 1.64. The molecule has 2 aromatic carbocycles. The van der Waals surface area contributed by atoms with Gasteiger partial charge in [-0.25, -0.2) is 4.98 Å². The third-order valence-electron chi connectivity index (χ3n) is 5.92. The van der Waals surface area contributed by atoms with Crippen molar-refractivity contribution in [1.29, 1.82) is 0 Å². The number of carbonyl (C=O) groups excluding carboxylic acids is 1. The zero-order valence-corrected chi connectivity index (χ0v) is 20.8. The lowest BCUT2D eigenvalue weighted by Crippen LogP contribution is -2.43. The number of ether oxygens (including phenoxy) is 3. The first-order valence-electron chi connectivity index (χ1n) is 12.0.